The van der Waals surface area contributed by atoms with Gasteiger partial charge in [-0.05, 0) is 56.7 Å². The van der Waals surface area contributed by atoms with Crippen LogP contribution in [0.25, 0.3) is 5.69 Å². The van der Waals surface area contributed by atoms with Gasteiger partial charge in [-0.3, -0.25) is 9.59 Å². The number of hydrogen-bond acceptors (Lipinski definition) is 3. The first-order chi connectivity index (χ1) is 14.0. The Labute approximate surface area is 170 Å². The molecule has 0 saturated carbocycles. The molecule has 3 rings (SSSR count). The first kappa shape index (κ1) is 20.3. The summed E-state index contributed by atoms with van der Waals surface area (Å²) in [7, 11) is 0. The van der Waals surface area contributed by atoms with Gasteiger partial charge in [-0.1, -0.05) is 31.5 Å². The van der Waals surface area contributed by atoms with Crippen molar-refractivity contribution < 1.29 is 9.59 Å². The maximum atomic E-state index is 12.7. The minimum absolute atomic E-state index is 0.0105. The fraction of sp³-hybridized carbons (Fsp3) is 0.261. The molecule has 150 valence electrons. The number of amides is 2. The summed E-state index contributed by atoms with van der Waals surface area (Å²) < 4.78 is 1.82. The molecule has 2 aromatic carbocycles. The lowest BCUT2D eigenvalue weighted by atomic mass is 10.1. The number of nitrogens with one attached hydrogen (secondary N) is 2. The Morgan fingerprint density at radius 1 is 0.966 bits per heavy atom. The van der Waals surface area contributed by atoms with Crippen LogP contribution < -0.4 is 10.6 Å². The maximum Gasteiger partial charge on any atom is 0.255 e. The second-order valence-corrected chi connectivity index (χ2v) is 6.98. The molecular formula is C23H26N4O2. The van der Waals surface area contributed by atoms with Gasteiger partial charge in [0, 0.05) is 17.7 Å². The van der Waals surface area contributed by atoms with Crippen LogP contribution in [0.3, 0.4) is 0 Å². The second kappa shape index (κ2) is 9.19. The highest BCUT2D eigenvalue weighted by Crippen LogP contribution is 2.23. The third-order valence-corrected chi connectivity index (χ3v) is 4.72. The highest BCUT2D eigenvalue weighted by Gasteiger charge is 2.16. The average Bonchev–Trinajstić information content (AvgIpc) is 3.01. The fourth-order valence-electron chi connectivity index (χ4n) is 3.10. The molecule has 6 nitrogen and oxygen atoms in total. The van der Waals surface area contributed by atoms with E-state index in [1.807, 2.05) is 55.8 Å². The van der Waals surface area contributed by atoms with Crippen molar-refractivity contribution in [2.45, 2.75) is 40.0 Å². The van der Waals surface area contributed by atoms with E-state index >= 15 is 0 Å². The van der Waals surface area contributed by atoms with E-state index in [1.165, 1.54) is 0 Å². The predicted molar refractivity (Wildman–Crippen MR) is 116 cm³/mol. The Bertz CT molecular complexity index is 992. The Morgan fingerprint density at radius 2 is 1.66 bits per heavy atom. The minimum atomic E-state index is -0.215. The number of anilines is 2. The summed E-state index contributed by atoms with van der Waals surface area (Å²) >= 11 is 0. The number of aryl methyl sites for hydroxylation is 1. The first-order valence-corrected chi connectivity index (χ1v) is 9.82. The van der Waals surface area contributed by atoms with E-state index < -0.39 is 0 Å². The van der Waals surface area contributed by atoms with Crippen molar-refractivity contribution in [3.05, 3.63) is 71.5 Å². The third-order valence-electron chi connectivity index (χ3n) is 4.72. The molecule has 2 amide bonds. The van der Waals surface area contributed by atoms with Crippen LogP contribution >= 0.6 is 0 Å². The summed E-state index contributed by atoms with van der Waals surface area (Å²) in [6.07, 6.45) is 2.34. The molecule has 0 aliphatic rings. The Kier molecular flexibility index (Phi) is 6.44. The van der Waals surface area contributed by atoms with Crippen molar-refractivity contribution >= 4 is 23.2 Å². The highest BCUT2D eigenvalue weighted by molar-refractivity contribution is 6.05. The van der Waals surface area contributed by atoms with Gasteiger partial charge in [-0.25, -0.2) is 4.68 Å². The maximum absolute atomic E-state index is 12.7. The smallest absolute Gasteiger partial charge is 0.255 e. The molecule has 0 radical (unpaired) electrons. The van der Waals surface area contributed by atoms with E-state index in [0.717, 1.165) is 29.9 Å². The lowest BCUT2D eigenvalue weighted by Crippen LogP contribution is -2.14. The zero-order chi connectivity index (χ0) is 20.8. The SMILES string of the molecule is CCCCC(=O)Nc1ccc(C(=O)Nc2c(C)nn(-c3ccccc3)c2C)cc1. The summed E-state index contributed by atoms with van der Waals surface area (Å²) in [6, 6.07) is 16.7. The van der Waals surface area contributed by atoms with Crippen LogP contribution in [-0.4, -0.2) is 21.6 Å². The van der Waals surface area contributed by atoms with Crippen molar-refractivity contribution in [2.75, 3.05) is 10.6 Å². The van der Waals surface area contributed by atoms with E-state index in [1.54, 1.807) is 24.3 Å². The predicted octanol–water partition coefficient (Wildman–Crippen LogP) is 4.87. The normalized spacial score (nSPS) is 10.6. The topological polar surface area (TPSA) is 76.0 Å². The van der Waals surface area contributed by atoms with Crippen molar-refractivity contribution in [3.63, 3.8) is 0 Å². The van der Waals surface area contributed by atoms with Gasteiger partial charge in [0.25, 0.3) is 5.91 Å². The number of para-hydroxylation sites is 1. The Balaban J connectivity index is 1.71. The molecule has 1 aromatic heterocycles. The van der Waals surface area contributed by atoms with Gasteiger partial charge in [0.2, 0.25) is 5.91 Å². The molecule has 0 fully saturated rings. The molecule has 0 unspecified atom stereocenters. The monoisotopic (exact) mass is 390 g/mol. The molecule has 0 saturated heterocycles. The third kappa shape index (κ3) is 4.90. The van der Waals surface area contributed by atoms with Crippen molar-refractivity contribution in [3.8, 4) is 5.69 Å². The van der Waals surface area contributed by atoms with Gasteiger partial charge in [-0.15, -0.1) is 0 Å². The quantitative estimate of drug-likeness (QED) is 0.604. The van der Waals surface area contributed by atoms with Crippen molar-refractivity contribution in [1.82, 2.24) is 9.78 Å². The number of unbranched alkanes of at least 4 members (excludes halogenated alkanes) is 1. The van der Waals surface area contributed by atoms with Crippen LogP contribution in [0.2, 0.25) is 0 Å². The number of carbonyl (C=O) groups is 2. The Morgan fingerprint density at radius 3 is 2.31 bits per heavy atom. The van der Waals surface area contributed by atoms with Gasteiger partial charge in [0.1, 0.15) is 0 Å². The van der Waals surface area contributed by atoms with E-state index in [9.17, 15) is 9.59 Å². The van der Waals surface area contributed by atoms with Crippen LogP contribution in [0.5, 0.6) is 0 Å². The standard InChI is InChI=1S/C23H26N4O2/c1-4-5-11-21(28)24-19-14-12-18(13-15-19)23(29)25-22-16(2)26-27(17(22)3)20-9-7-6-8-10-20/h6-10,12-15H,4-5,11H2,1-3H3,(H,24,28)(H,25,29). The second-order valence-electron chi connectivity index (χ2n) is 6.98. The summed E-state index contributed by atoms with van der Waals surface area (Å²) in [4.78, 5) is 24.5. The average molecular weight is 390 g/mol. The summed E-state index contributed by atoms with van der Waals surface area (Å²) in [6.45, 7) is 5.85. The number of carbonyl (C=O) groups excluding carboxylic acids is 2. The van der Waals surface area contributed by atoms with E-state index in [4.69, 9.17) is 0 Å². The molecule has 29 heavy (non-hydrogen) atoms. The molecule has 1 heterocycles. The Hall–Kier alpha value is -3.41. The summed E-state index contributed by atoms with van der Waals surface area (Å²) in [5.41, 5.74) is 4.46. The number of rotatable bonds is 7. The van der Waals surface area contributed by atoms with Crippen LogP contribution in [-0.2, 0) is 4.79 Å². The van der Waals surface area contributed by atoms with Crippen molar-refractivity contribution in [2.24, 2.45) is 0 Å². The van der Waals surface area contributed by atoms with Crippen LogP contribution in [0.15, 0.2) is 54.6 Å². The molecule has 0 spiro atoms. The molecule has 0 bridgehead atoms. The van der Waals surface area contributed by atoms with Crippen LogP contribution in [0.1, 0.15) is 47.9 Å². The summed E-state index contributed by atoms with van der Waals surface area (Å²) in [5.74, 6) is -0.226. The van der Waals surface area contributed by atoms with Crippen LogP contribution in [0, 0.1) is 13.8 Å². The largest absolute Gasteiger partial charge is 0.326 e. The zero-order valence-electron chi connectivity index (χ0n) is 17.0. The molecule has 6 heteroatoms. The van der Waals surface area contributed by atoms with Crippen molar-refractivity contribution in [1.29, 1.82) is 0 Å². The molecular weight excluding hydrogens is 364 g/mol. The van der Waals surface area contributed by atoms with Gasteiger partial charge in [0.15, 0.2) is 0 Å². The number of nitrogens with zero attached hydrogens (tertiary/aromatic N) is 2. The molecule has 0 aliphatic heterocycles. The molecule has 2 N–H and O–H groups in total. The van der Waals surface area contributed by atoms with Gasteiger partial charge < -0.3 is 10.6 Å². The summed E-state index contributed by atoms with van der Waals surface area (Å²) in [5, 5.41) is 10.4. The number of benzene rings is 2. The van der Waals surface area contributed by atoms with Gasteiger partial charge in [0.05, 0.1) is 22.8 Å². The highest BCUT2D eigenvalue weighted by atomic mass is 16.2. The zero-order valence-corrected chi connectivity index (χ0v) is 17.0. The number of aromatic nitrogens is 2. The fourth-order valence-corrected chi connectivity index (χ4v) is 3.10. The molecule has 3 aromatic rings. The first-order valence-electron chi connectivity index (χ1n) is 9.82. The minimum Gasteiger partial charge on any atom is -0.326 e. The number of hydrogen-bond donors (Lipinski definition) is 2. The van der Waals surface area contributed by atoms with Gasteiger partial charge >= 0.3 is 0 Å². The van der Waals surface area contributed by atoms with Crippen LogP contribution in [0.4, 0.5) is 11.4 Å². The molecule has 0 aliphatic carbocycles. The van der Waals surface area contributed by atoms with E-state index in [0.29, 0.717) is 23.4 Å². The van der Waals surface area contributed by atoms with E-state index in [2.05, 4.69) is 15.7 Å². The lowest BCUT2D eigenvalue weighted by Gasteiger charge is -2.08. The lowest BCUT2D eigenvalue weighted by molar-refractivity contribution is -0.116. The van der Waals surface area contributed by atoms with E-state index in [-0.39, 0.29) is 11.8 Å². The van der Waals surface area contributed by atoms with Gasteiger partial charge in [-0.2, -0.15) is 5.10 Å². The molecule has 0 atom stereocenters.